The molecule has 2 aromatic heterocycles. The molecule has 3 heterocycles. The molecule has 23 heavy (non-hydrogen) atoms. The molecule has 114 valence electrons. The highest BCUT2D eigenvalue weighted by atomic mass is 14.9. The van der Waals surface area contributed by atoms with Gasteiger partial charge in [-0.2, -0.15) is 0 Å². The summed E-state index contributed by atoms with van der Waals surface area (Å²) in [5, 5.41) is 1.28. The van der Waals surface area contributed by atoms with Gasteiger partial charge in [0.1, 0.15) is 0 Å². The topological polar surface area (TPSA) is 30.2 Å². The van der Waals surface area contributed by atoms with Crippen molar-refractivity contribution >= 4 is 22.7 Å². The fourth-order valence-corrected chi connectivity index (χ4v) is 3.23. The number of para-hydroxylation sites is 1. The van der Waals surface area contributed by atoms with Gasteiger partial charge in [-0.3, -0.25) is 9.98 Å². The Morgan fingerprint density at radius 1 is 1.13 bits per heavy atom. The average molecular weight is 301 g/mol. The number of benzene rings is 1. The van der Waals surface area contributed by atoms with Crippen molar-refractivity contribution in [1.82, 2.24) is 9.55 Å². The lowest BCUT2D eigenvalue weighted by Crippen LogP contribution is -2.12. The standard InChI is InChI=1S/C20H19N3/c1-23-18(12-15-6-2-3-9-19(15)23)13-16-7-5-11-22-20(16)17-8-4-10-21-14-17/h2-4,6,8-10,12-14H,5,7,11H2,1H3/b16-13+. The van der Waals surface area contributed by atoms with Gasteiger partial charge in [0.25, 0.3) is 0 Å². The van der Waals surface area contributed by atoms with Gasteiger partial charge in [-0.1, -0.05) is 18.2 Å². The van der Waals surface area contributed by atoms with E-state index in [0.717, 1.165) is 30.7 Å². The first-order valence-corrected chi connectivity index (χ1v) is 8.03. The largest absolute Gasteiger partial charge is 0.344 e. The number of aromatic nitrogens is 2. The molecule has 3 nitrogen and oxygen atoms in total. The molecular formula is C20H19N3. The van der Waals surface area contributed by atoms with E-state index in [1.165, 1.54) is 22.2 Å². The van der Waals surface area contributed by atoms with Crippen molar-refractivity contribution in [1.29, 1.82) is 0 Å². The maximum Gasteiger partial charge on any atom is 0.0694 e. The molecule has 0 unspecified atom stereocenters. The molecule has 0 N–H and O–H groups in total. The Bertz CT molecular complexity index is 901. The van der Waals surface area contributed by atoms with Crippen LogP contribution in [-0.4, -0.2) is 21.8 Å². The molecule has 3 heteroatoms. The summed E-state index contributed by atoms with van der Waals surface area (Å²) >= 11 is 0. The van der Waals surface area contributed by atoms with Crippen LogP contribution in [0.3, 0.4) is 0 Å². The van der Waals surface area contributed by atoms with E-state index in [1.807, 2.05) is 12.3 Å². The SMILES string of the molecule is Cn1c(/C=C2\CCCN=C2c2cccnc2)cc2ccccc21. The zero-order chi connectivity index (χ0) is 15.6. The van der Waals surface area contributed by atoms with Crippen molar-refractivity contribution in [3.63, 3.8) is 0 Å². The summed E-state index contributed by atoms with van der Waals surface area (Å²) in [6.07, 6.45) is 8.17. The highest BCUT2D eigenvalue weighted by Crippen LogP contribution is 2.25. The molecule has 1 aliphatic heterocycles. The zero-order valence-electron chi connectivity index (χ0n) is 13.2. The minimum atomic E-state index is 0.899. The molecule has 0 atom stereocenters. The maximum absolute atomic E-state index is 4.76. The predicted molar refractivity (Wildman–Crippen MR) is 95.8 cm³/mol. The summed E-state index contributed by atoms with van der Waals surface area (Å²) in [5.41, 5.74) is 5.98. The Labute approximate surface area is 136 Å². The highest BCUT2D eigenvalue weighted by Gasteiger charge is 2.15. The molecule has 1 aliphatic rings. The van der Waals surface area contributed by atoms with Gasteiger partial charge in [0.05, 0.1) is 5.71 Å². The van der Waals surface area contributed by atoms with E-state index in [1.54, 1.807) is 6.20 Å². The number of hydrogen-bond acceptors (Lipinski definition) is 2. The van der Waals surface area contributed by atoms with Crippen LogP contribution < -0.4 is 0 Å². The summed E-state index contributed by atoms with van der Waals surface area (Å²) in [6.45, 7) is 0.899. The van der Waals surface area contributed by atoms with Crippen molar-refractivity contribution in [3.8, 4) is 0 Å². The quantitative estimate of drug-likeness (QED) is 0.696. The van der Waals surface area contributed by atoms with Gasteiger partial charge < -0.3 is 4.57 Å². The smallest absolute Gasteiger partial charge is 0.0694 e. The van der Waals surface area contributed by atoms with E-state index >= 15 is 0 Å². The third-order valence-corrected chi connectivity index (χ3v) is 4.42. The molecular weight excluding hydrogens is 282 g/mol. The lowest BCUT2D eigenvalue weighted by atomic mass is 9.96. The Morgan fingerprint density at radius 2 is 2.04 bits per heavy atom. The van der Waals surface area contributed by atoms with Gasteiger partial charge in [0.15, 0.2) is 0 Å². The molecule has 0 spiro atoms. The minimum Gasteiger partial charge on any atom is -0.344 e. The first-order valence-electron chi connectivity index (χ1n) is 8.03. The number of aliphatic imine (C=N–C) groups is 1. The second-order valence-electron chi connectivity index (χ2n) is 5.93. The van der Waals surface area contributed by atoms with Crippen molar-refractivity contribution < 1.29 is 0 Å². The van der Waals surface area contributed by atoms with Crippen LogP contribution in [0.15, 0.2) is 65.4 Å². The summed E-state index contributed by atoms with van der Waals surface area (Å²) in [5.74, 6) is 0. The summed E-state index contributed by atoms with van der Waals surface area (Å²) in [4.78, 5) is 9.00. The fourth-order valence-electron chi connectivity index (χ4n) is 3.23. The van der Waals surface area contributed by atoms with Crippen molar-refractivity contribution in [2.75, 3.05) is 6.54 Å². The van der Waals surface area contributed by atoms with Gasteiger partial charge in [0.2, 0.25) is 0 Å². The normalized spacial score (nSPS) is 16.7. The Hall–Kier alpha value is -2.68. The number of pyridine rings is 1. The monoisotopic (exact) mass is 301 g/mol. The van der Waals surface area contributed by atoms with Gasteiger partial charge >= 0.3 is 0 Å². The predicted octanol–water partition coefficient (Wildman–Crippen LogP) is 4.24. The molecule has 0 saturated heterocycles. The minimum absolute atomic E-state index is 0.899. The van der Waals surface area contributed by atoms with Crippen molar-refractivity contribution in [2.45, 2.75) is 12.8 Å². The van der Waals surface area contributed by atoms with Crippen LogP contribution in [0.25, 0.3) is 17.0 Å². The van der Waals surface area contributed by atoms with Crippen LogP contribution in [0, 0.1) is 0 Å². The summed E-state index contributed by atoms with van der Waals surface area (Å²) in [6, 6.07) is 14.8. The van der Waals surface area contributed by atoms with Gasteiger partial charge in [0, 0.05) is 48.1 Å². The molecule has 0 amide bonds. The number of rotatable bonds is 2. The lowest BCUT2D eigenvalue weighted by molar-refractivity contribution is 0.817. The Balaban J connectivity index is 1.80. The maximum atomic E-state index is 4.76. The van der Waals surface area contributed by atoms with Gasteiger partial charge in [-0.15, -0.1) is 0 Å². The summed E-state index contributed by atoms with van der Waals surface area (Å²) < 4.78 is 2.25. The van der Waals surface area contributed by atoms with Crippen LogP contribution in [-0.2, 0) is 7.05 Å². The number of allylic oxidation sites excluding steroid dienone is 1. The first-order chi connectivity index (χ1) is 11.3. The number of nitrogens with zero attached hydrogens (tertiary/aromatic N) is 3. The van der Waals surface area contributed by atoms with Crippen molar-refractivity contribution in [2.24, 2.45) is 12.0 Å². The fraction of sp³-hybridized carbons (Fsp3) is 0.200. The van der Waals surface area contributed by atoms with Crippen LogP contribution in [0.5, 0.6) is 0 Å². The summed E-state index contributed by atoms with van der Waals surface area (Å²) in [7, 11) is 2.12. The molecule has 0 aliphatic carbocycles. The third kappa shape index (κ3) is 2.59. The van der Waals surface area contributed by atoms with E-state index in [-0.39, 0.29) is 0 Å². The second kappa shape index (κ2) is 5.84. The van der Waals surface area contributed by atoms with E-state index in [9.17, 15) is 0 Å². The van der Waals surface area contributed by atoms with E-state index in [2.05, 4.69) is 59.1 Å². The third-order valence-electron chi connectivity index (χ3n) is 4.42. The molecule has 0 bridgehead atoms. The first kappa shape index (κ1) is 13.9. The molecule has 0 saturated carbocycles. The van der Waals surface area contributed by atoms with Crippen LogP contribution >= 0.6 is 0 Å². The van der Waals surface area contributed by atoms with Gasteiger partial charge in [-0.05, 0) is 48.8 Å². The van der Waals surface area contributed by atoms with Crippen LogP contribution in [0.2, 0.25) is 0 Å². The molecule has 1 aromatic carbocycles. The molecule has 3 aromatic rings. The van der Waals surface area contributed by atoms with E-state index in [0.29, 0.717) is 0 Å². The highest BCUT2D eigenvalue weighted by molar-refractivity contribution is 6.15. The molecule has 0 fully saturated rings. The van der Waals surface area contributed by atoms with Gasteiger partial charge in [-0.25, -0.2) is 0 Å². The van der Waals surface area contributed by atoms with Crippen LogP contribution in [0.4, 0.5) is 0 Å². The Kier molecular flexibility index (Phi) is 3.54. The lowest BCUT2D eigenvalue weighted by Gasteiger charge is -2.16. The van der Waals surface area contributed by atoms with Crippen molar-refractivity contribution in [3.05, 3.63) is 71.7 Å². The van der Waals surface area contributed by atoms with E-state index in [4.69, 9.17) is 4.99 Å². The number of aryl methyl sites for hydroxylation is 1. The zero-order valence-corrected chi connectivity index (χ0v) is 13.2. The van der Waals surface area contributed by atoms with E-state index < -0.39 is 0 Å². The Morgan fingerprint density at radius 3 is 2.87 bits per heavy atom. The molecule has 4 rings (SSSR count). The average Bonchev–Trinajstić information content (AvgIpc) is 2.92. The number of hydrogen-bond donors (Lipinski definition) is 0. The number of fused-ring (bicyclic) bond motifs is 1. The second-order valence-corrected chi connectivity index (χ2v) is 5.93. The molecule has 0 radical (unpaired) electrons. The van der Waals surface area contributed by atoms with Crippen LogP contribution in [0.1, 0.15) is 24.1 Å².